The number of ether oxygens (including phenoxy) is 1. The van der Waals surface area contributed by atoms with Crippen LogP contribution in [0.5, 0.6) is 5.88 Å². The second-order valence-electron chi connectivity index (χ2n) is 8.72. The van der Waals surface area contributed by atoms with Crippen molar-refractivity contribution in [1.82, 2.24) is 10.3 Å². The van der Waals surface area contributed by atoms with Crippen molar-refractivity contribution in [3.63, 3.8) is 0 Å². The number of pyridine rings is 1. The van der Waals surface area contributed by atoms with Gasteiger partial charge in [-0.25, -0.2) is 4.98 Å². The van der Waals surface area contributed by atoms with E-state index in [4.69, 9.17) is 21.3 Å². The zero-order chi connectivity index (χ0) is 23.5. The fraction of sp³-hybridized carbons (Fsp3) is 0.346. The molecule has 1 saturated heterocycles. The highest BCUT2D eigenvalue weighted by Crippen LogP contribution is 2.41. The normalized spacial score (nSPS) is 23.5. The van der Waals surface area contributed by atoms with Crippen LogP contribution in [0.15, 0.2) is 64.2 Å². The molecule has 1 amide bonds. The monoisotopic (exact) mass is 512 g/mol. The molecule has 0 spiro atoms. The van der Waals surface area contributed by atoms with Crippen LogP contribution in [0.2, 0.25) is 5.02 Å². The third kappa shape index (κ3) is 4.74. The van der Waals surface area contributed by atoms with E-state index in [0.717, 1.165) is 31.2 Å². The molecule has 176 valence electrons. The molecule has 8 heteroatoms. The lowest BCUT2D eigenvalue weighted by molar-refractivity contribution is -0.133. The first-order valence-corrected chi connectivity index (χ1v) is 13.7. The van der Waals surface area contributed by atoms with Gasteiger partial charge in [0.15, 0.2) is 5.78 Å². The number of piperidine rings is 1. The topological polar surface area (TPSA) is 68.3 Å². The van der Waals surface area contributed by atoms with E-state index in [2.05, 4.69) is 5.32 Å². The molecule has 2 fully saturated rings. The Hall–Kier alpha value is -2.35. The van der Waals surface area contributed by atoms with Crippen LogP contribution in [0.1, 0.15) is 49.8 Å². The Morgan fingerprint density at radius 3 is 2.62 bits per heavy atom. The molecule has 3 aromatic rings. The number of ketones is 1. The van der Waals surface area contributed by atoms with E-state index >= 15 is 0 Å². The highest BCUT2D eigenvalue weighted by Gasteiger charge is 2.48. The molecular formula is C26H25ClN2O3S2. The fourth-order valence-electron chi connectivity index (χ4n) is 4.66. The summed E-state index contributed by atoms with van der Waals surface area (Å²) in [6, 6.07) is 14.8. The van der Waals surface area contributed by atoms with Gasteiger partial charge in [-0.1, -0.05) is 36.2 Å². The minimum absolute atomic E-state index is 0.109. The van der Waals surface area contributed by atoms with Crippen LogP contribution in [0, 0.1) is 0 Å². The van der Waals surface area contributed by atoms with E-state index in [1.165, 1.54) is 29.5 Å². The predicted molar refractivity (Wildman–Crippen MR) is 136 cm³/mol. The minimum atomic E-state index is -1.03. The number of nitrogens with one attached hydrogen (secondary N) is 1. The lowest BCUT2D eigenvalue weighted by atomic mass is 9.79. The largest absolute Gasteiger partial charge is 0.474 e. The van der Waals surface area contributed by atoms with Crippen LogP contribution in [-0.2, 0) is 15.1 Å². The third-order valence-electron chi connectivity index (χ3n) is 6.40. The molecule has 3 heterocycles. The van der Waals surface area contributed by atoms with E-state index < -0.39 is 10.8 Å². The molecule has 0 radical (unpaired) electrons. The number of aromatic nitrogens is 1. The molecule has 2 aromatic heterocycles. The molecular weight excluding hydrogens is 488 g/mol. The number of halogens is 1. The van der Waals surface area contributed by atoms with Crippen LogP contribution >= 0.6 is 34.7 Å². The maximum absolute atomic E-state index is 13.4. The number of hydrogen-bond acceptors (Lipinski definition) is 6. The van der Waals surface area contributed by atoms with Gasteiger partial charge < -0.3 is 10.1 Å². The molecule has 1 aliphatic carbocycles. The zero-order valence-corrected chi connectivity index (χ0v) is 20.9. The smallest absolute Gasteiger partial charge is 0.242 e. The highest BCUT2D eigenvalue weighted by molar-refractivity contribution is 8.01. The third-order valence-corrected chi connectivity index (χ3v) is 8.85. The summed E-state index contributed by atoms with van der Waals surface area (Å²) in [4.78, 5) is 32.3. The summed E-state index contributed by atoms with van der Waals surface area (Å²) in [7, 11) is 0. The summed E-state index contributed by atoms with van der Waals surface area (Å²) in [6.45, 7) is 0. The van der Waals surface area contributed by atoms with E-state index in [0.29, 0.717) is 21.5 Å². The summed E-state index contributed by atoms with van der Waals surface area (Å²) < 4.78 is 6.19. The number of carbonyl (C=O) groups is 2. The minimum Gasteiger partial charge on any atom is -0.474 e. The Morgan fingerprint density at radius 2 is 1.88 bits per heavy atom. The van der Waals surface area contributed by atoms with Crippen molar-refractivity contribution in [3.05, 3.63) is 75.6 Å². The molecule has 0 bridgehead atoms. The first-order chi connectivity index (χ1) is 16.5. The van der Waals surface area contributed by atoms with Crippen molar-refractivity contribution in [2.75, 3.05) is 0 Å². The summed E-state index contributed by atoms with van der Waals surface area (Å²) in [6.07, 6.45) is 5.90. The van der Waals surface area contributed by atoms with E-state index in [1.807, 2.05) is 53.2 Å². The molecule has 1 saturated carbocycles. The second kappa shape index (κ2) is 10.1. The van der Waals surface area contributed by atoms with Gasteiger partial charge in [-0.15, -0.1) is 11.8 Å². The lowest BCUT2D eigenvalue weighted by Gasteiger charge is -2.39. The average Bonchev–Trinajstić information content (AvgIpc) is 3.39. The molecule has 1 N–H and O–H groups in total. The van der Waals surface area contributed by atoms with Crippen LogP contribution in [0.3, 0.4) is 0 Å². The van der Waals surface area contributed by atoms with Crippen molar-refractivity contribution in [2.24, 2.45) is 0 Å². The standard InChI is InChI=1S/C26H25ClN2O3S2/c27-19-9-4-5-10-21(19)34-24-20(30)15-26(29-25(24)31,17-13-14-33-16-17)22-11-6-12-23(28-22)32-18-7-2-1-3-8-18/h4-6,9-14,16,18,24H,1-3,7-8,15H2,(H,29,31). The fourth-order valence-corrected chi connectivity index (χ4v) is 6.63. The maximum atomic E-state index is 13.4. The zero-order valence-electron chi connectivity index (χ0n) is 18.5. The number of nitrogens with zero attached hydrogens (tertiary/aromatic N) is 1. The van der Waals surface area contributed by atoms with E-state index in [1.54, 1.807) is 6.07 Å². The Balaban J connectivity index is 1.45. The maximum Gasteiger partial charge on any atom is 0.242 e. The molecule has 1 aromatic carbocycles. The van der Waals surface area contributed by atoms with E-state index in [9.17, 15) is 9.59 Å². The van der Waals surface area contributed by atoms with Crippen LogP contribution in [0.25, 0.3) is 0 Å². The van der Waals surface area contributed by atoms with Crippen LogP contribution in [0.4, 0.5) is 0 Å². The van der Waals surface area contributed by atoms with Gasteiger partial charge in [0.1, 0.15) is 16.9 Å². The van der Waals surface area contributed by atoms with E-state index in [-0.39, 0.29) is 24.2 Å². The summed E-state index contributed by atoms with van der Waals surface area (Å²) >= 11 is 9.00. The number of rotatable bonds is 6. The van der Waals surface area contributed by atoms with Gasteiger partial charge in [0.05, 0.1) is 10.7 Å². The van der Waals surface area contributed by atoms with Crippen LogP contribution < -0.4 is 10.1 Å². The number of amides is 1. The number of benzene rings is 1. The summed E-state index contributed by atoms with van der Waals surface area (Å²) in [5, 5.41) is 6.73. The Labute approximate surface area is 212 Å². The molecule has 5 rings (SSSR count). The molecule has 2 unspecified atom stereocenters. The van der Waals surface area contributed by atoms with Gasteiger partial charge in [-0.3, -0.25) is 9.59 Å². The predicted octanol–water partition coefficient (Wildman–Crippen LogP) is 6.00. The number of carbonyl (C=O) groups excluding carboxylic acids is 2. The summed E-state index contributed by atoms with van der Waals surface area (Å²) in [5.74, 6) is 0.0429. The summed E-state index contributed by atoms with van der Waals surface area (Å²) in [5.41, 5.74) is 0.433. The molecule has 1 aliphatic heterocycles. The quantitative estimate of drug-likeness (QED) is 0.410. The Bertz CT molecular complexity index is 1160. The Kier molecular flexibility index (Phi) is 6.95. The van der Waals surface area contributed by atoms with Gasteiger partial charge >= 0.3 is 0 Å². The van der Waals surface area contributed by atoms with Crippen molar-refractivity contribution in [2.45, 2.75) is 60.3 Å². The average molecular weight is 513 g/mol. The number of hydrogen-bond donors (Lipinski definition) is 1. The molecule has 2 atom stereocenters. The molecule has 34 heavy (non-hydrogen) atoms. The highest BCUT2D eigenvalue weighted by atomic mass is 35.5. The first-order valence-electron chi connectivity index (χ1n) is 11.5. The number of Topliss-reactive ketones (excluding diaryl/α,β-unsaturated/α-hetero) is 1. The van der Waals surface area contributed by atoms with Crippen LogP contribution in [-0.4, -0.2) is 28.0 Å². The number of thioether (sulfide) groups is 1. The van der Waals surface area contributed by atoms with Gasteiger partial charge in [-0.05, 0) is 66.3 Å². The second-order valence-corrected chi connectivity index (χ2v) is 11.1. The molecule has 5 nitrogen and oxygen atoms in total. The van der Waals surface area contributed by atoms with Gasteiger partial charge in [0.2, 0.25) is 11.8 Å². The SMILES string of the molecule is O=C1CC(c2ccsc2)(c2cccc(OC3CCCCC3)n2)NC(=O)C1Sc1ccccc1Cl. The molecule has 2 aliphatic rings. The van der Waals surface area contributed by atoms with Crippen molar-refractivity contribution in [3.8, 4) is 5.88 Å². The lowest BCUT2D eigenvalue weighted by Crippen LogP contribution is -2.58. The van der Waals surface area contributed by atoms with Crippen molar-refractivity contribution >= 4 is 46.4 Å². The van der Waals surface area contributed by atoms with Gasteiger partial charge in [0.25, 0.3) is 0 Å². The van der Waals surface area contributed by atoms with Crippen molar-refractivity contribution in [1.29, 1.82) is 0 Å². The Morgan fingerprint density at radius 1 is 1.06 bits per heavy atom. The first kappa shape index (κ1) is 23.4. The number of thiophene rings is 1. The van der Waals surface area contributed by atoms with Crippen molar-refractivity contribution < 1.29 is 14.3 Å². The van der Waals surface area contributed by atoms with Gasteiger partial charge in [0, 0.05) is 17.4 Å². The van der Waals surface area contributed by atoms with Gasteiger partial charge in [-0.2, -0.15) is 11.3 Å².